The summed E-state index contributed by atoms with van der Waals surface area (Å²) in [5.41, 5.74) is 2.94. The molecule has 3 heteroatoms. The van der Waals surface area contributed by atoms with Gasteiger partial charge in [0.1, 0.15) is 5.75 Å². The maximum Gasteiger partial charge on any atom is 0.144 e. The lowest BCUT2D eigenvalue weighted by Crippen LogP contribution is -1.88. The standard InChI is InChI=1S/C14H12N2O/c17-14-11-3-1-2-4-12(11)16-13(14)9-10-5-7-15-8-6-10/h1-8,16-17H,9H2. The molecule has 0 amide bonds. The third-order valence-corrected chi connectivity index (χ3v) is 2.88. The SMILES string of the molecule is Oc1c(Cc2ccncc2)[nH]c2ccccc12. The lowest BCUT2D eigenvalue weighted by atomic mass is 10.1. The van der Waals surface area contributed by atoms with Crippen molar-refractivity contribution in [2.75, 3.05) is 0 Å². The molecule has 3 aromatic rings. The first kappa shape index (κ1) is 9.90. The number of nitrogens with zero attached hydrogens (tertiary/aromatic N) is 1. The molecule has 1 aromatic carbocycles. The second-order valence-corrected chi connectivity index (χ2v) is 4.03. The highest BCUT2D eigenvalue weighted by Crippen LogP contribution is 2.29. The normalized spacial score (nSPS) is 10.8. The Kier molecular flexibility index (Phi) is 2.29. The summed E-state index contributed by atoms with van der Waals surface area (Å²) in [5, 5.41) is 11.0. The average Bonchev–Trinajstić information content (AvgIpc) is 2.68. The van der Waals surface area contributed by atoms with Crippen LogP contribution in [0.15, 0.2) is 48.8 Å². The van der Waals surface area contributed by atoms with Gasteiger partial charge in [-0.3, -0.25) is 4.98 Å². The first-order valence-corrected chi connectivity index (χ1v) is 5.52. The fourth-order valence-electron chi connectivity index (χ4n) is 2.02. The molecule has 0 spiro atoms. The molecule has 0 fully saturated rings. The van der Waals surface area contributed by atoms with E-state index < -0.39 is 0 Å². The Labute approximate surface area is 98.8 Å². The van der Waals surface area contributed by atoms with Gasteiger partial charge >= 0.3 is 0 Å². The van der Waals surface area contributed by atoms with E-state index in [1.807, 2.05) is 36.4 Å². The van der Waals surface area contributed by atoms with Crippen molar-refractivity contribution < 1.29 is 5.11 Å². The summed E-state index contributed by atoms with van der Waals surface area (Å²) in [5.74, 6) is 0.345. The van der Waals surface area contributed by atoms with Crippen molar-refractivity contribution in [1.82, 2.24) is 9.97 Å². The quantitative estimate of drug-likeness (QED) is 0.703. The maximum atomic E-state index is 10.1. The molecule has 0 saturated heterocycles. The van der Waals surface area contributed by atoms with E-state index in [4.69, 9.17) is 0 Å². The zero-order valence-corrected chi connectivity index (χ0v) is 9.22. The minimum atomic E-state index is 0.345. The number of hydrogen-bond donors (Lipinski definition) is 2. The van der Waals surface area contributed by atoms with Gasteiger partial charge < -0.3 is 10.1 Å². The van der Waals surface area contributed by atoms with Crippen LogP contribution in [0.4, 0.5) is 0 Å². The molecule has 3 rings (SSSR count). The highest BCUT2D eigenvalue weighted by Gasteiger charge is 2.09. The summed E-state index contributed by atoms with van der Waals surface area (Å²) in [6, 6.07) is 11.7. The molecule has 2 aromatic heterocycles. The van der Waals surface area contributed by atoms with E-state index in [2.05, 4.69) is 9.97 Å². The topological polar surface area (TPSA) is 48.9 Å². The van der Waals surface area contributed by atoms with Gasteiger partial charge in [-0.2, -0.15) is 0 Å². The summed E-state index contributed by atoms with van der Waals surface area (Å²) in [4.78, 5) is 7.22. The van der Waals surface area contributed by atoms with Crippen molar-refractivity contribution in [2.24, 2.45) is 0 Å². The van der Waals surface area contributed by atoms with Gasteiger partial charge in [-0.05, 0) is 29.8 Å². The van der Waals surface area contributed by atoms with Crippen LogP contribution in [0.25, 0.3) is 10.9 Å². The lowest BCUT2D eigenvalue weighted by molar-refractivity contribution is 0.475. The van der Waals surface area contributed by atoms with Crippen LogP contribution in [0.5, 0.6) is 5.75 Å². The summed E-state index contributed by atoms with van der Waals surface area (Å²) in [6.45, 7) is 0. The molecular formula is C14H12N2O. The fourth-order valence-corrected chi connectivity index (χ4v) is 2.02. The van der Waals surface area contributed by atoms with Crippen LogP contribution in [-0.2, 0) is 6.42 Å². The van der Waals surface area contributed by atoms with E-state index in [0.717, 1.165) is 22.2 Å². The van der Waals surface area contributed by atoms with Crippen LogP contribution in [0, 0.1) is 0 Å². The number of aromatic nitrogens is 2. The van der Waals surface area contributed by atoms with Crippen LogP contribution in [0.1, 0.15) is 11.3 Å². The van der Waals surface area contributed by atoms with E-state index in [-0.39, 0.29) is 0 Å². The Bertz CT molecular complexity index is 644. The van der Waals surface area contributed by atoms with Crippen LogP contribution in [0.2, 0.25) is 0 Å². The number of H-pyrrole nitrogens is 1. The van der Waals surface area contributed by atoms with Gasteiger partial charge in [0, 0.05) is 29.7 Å². The molecule has 84 valence electrons. The monoisotopic (exact) mass is 224 g/mol. The van der Waals surface area contributed by atoms with Gasteiger partial charge in [-0.25, -0.2) is 0 Å². The number of aromatic hydroxyl groups is 1. The Hall–Kier alpha value is -2.29. The van der Waals surface area contributed by atoms with Crippen molar-refractivity contribution in [2.45, 2.75) is 6.42 Å². The number of para-hydroxylation sites is 1. The van der Waals surface area contributed by atoms with Gasteiger partial charge in [0.05, 0.1) is 5.69 Å². The maximum absolute atomic E-state index is 10.1. The number of hydrogen-bond acceptors (Lipinski definition) is 2. The van der Waals surface area contributed by atoms with Crippen molar-refractivity contribution in [3.8, 4) is 5.75 Å². The molecule has 3 nitrogen and oxygen atoms in total. The number of aromatic amines is 1. The molecular weight excluding hydrogens is 212 g/mol. The molecule has 0 saturated carbocycles. The van der Waals surface area contributed by atoms with E-state index in [1.54, 1.807) is 12.4 Å². The van der Waals surface area contributed by atoms with Gasteiger partial charge in [-0.1, -0.05) is 12.1 Å². The van der Waals surface area contributed by atoms with Gasteiger partial charge in [0.25, 0.3) is 0 Å². The Morgan fingerprint density at radius 3 is 2.59 bits per heavy atom. The van der Waals surface area contributed by atoms with Crippen LogP contribution in [-0.4, -0.2) is 15.1 Å². The molecule has 0 aliphatic rings. The second kappa shape index (κ2) is 3.94. The third kappa shape index (κ3) is 1.76. The van der Waals surface area contributed by atoms with Crippen molar-refractivity contribution in [3.63, 3.8) is 0 Å². The van der Waals surface area contributed by atoms with Crippen molar-refractivity contribution >= 4 is 10.9 Å². The third-order valence-electron chi connectivity index (χ3n) is 2.88. The minimum Gasteiger partial charge on any atom is -0.505 e. The predicted molar refractivity (Wildman–Crippen MR) is 67.0 cm³/mol. The van der Waals surface area contributed by atoms with Crippen LogP contribution in [0.3, 0.4) is 0 Å². The summed E-state index contributed by atoms with van der Waals surface area (Å²) in [6.07, 6.45) is 4.20. The fraction of sp³-hybridized carbons (Fsp3) is 0.0714. The Morgan fingerprint density at radius 2 is 1.82 bits per heavy atom. The lowest BCUT2D eigenvalue weighted by Gasteiger charge is -1.99. The number of pyridine rings is 1. The highest BCUT2D eigenvalue weighted by molar-refractivity contribution is 5.87. The molecule has 0 radical (unpaired) electrons. The van der Waals surface area contributed by atoms with Crippen LogP contribution < -0.4 is 0 Å². The second-order valence-electron chi connectivity index (χ2n) is 4.03. The smallest absolute Gasteiger partial charge is 0.144 e. The van der Waals surface area contributed by atoms with Gasteiger partial charge in [-0.15, -0.1) is 0 Å². The molecule has 0 unspecified atom stereocenters. The summed E-state index contributed by atoms with van der Waals surface area (Å²) >= 11 is 0. The molecule has 2 N–H and O–H groups in total. The molecule has 17 heavy (non-hydrogen) atoms. The summed E-state index contributed by atoms with van der Waals surface area (Å²) in [7, 11) is 0. The molecule has 0 atom stereocenters. The number of fused-ring (bicyclic) bond motifs is 1. The predicted octanol–water partition coefficient (Wildman–Crippen LogP) is 2.86. The zero-order valence-electron chi connectivity index (χ0n) is 9.22. The van der Waals surface area contributed by atoms with Crippen molar-refractivity contribution in [3.05, 3.63) is 60.0 Å². The highest BCUT2D eigenvalue weighted by atomic mass is 16.3. The molecule has 2 heterocycles. The first-order chi connectivity index (χ1) is 8.34. The van der Waals surface area contributed by atoms with Crippen LogP contribution >= 0.6 is 0 Å². The van der Waals surface area contributed by atoms with E-state index in [9.17, 15) is 5.11 Å². The number of benzene rings is 1. The van der Waals surface area contributed by atoms with E-state index in [1.165, 1.54) is 0 Å². The minimum absolute atomic E-state index is 0.345. The van der Waals surface area contributed by atoms with E-state index in [0.29, 0.717) is 12.2 Å². The largest absolute Gasteiger partial charge is 0.505 e. The first-order valence-electron chi connectivity index (χ1n) is 5.52. The molecule has 0 bridgehead atoms. The number of rotatable bonds is 2. The van der Waals surface area contributed by atoms with E-state index >= 15 is 0 Å². The Morgan fingerprint density at radius 1 is 1.06 bits per heavy atom. The van der Waals surface area contributed by atoms with Gasteiger partial charge in [0.15, 0.2) is 0 Å². The average molecular weight is 224 g/mol. The van der Waals surface area contributed by atoms with Gasteiger partial charge in [0.2, 0.25) is 0 Å². The number of nitrogens with one attached hydrogen (secondary N) is 1. The van der Waals surface area contributed by atoms with Crippen molar-refractivity contribution in [1.29, 1.82) is 0 Å². The Balaban J connectivity index is 2.04. The summed E-state index contributed by atoms with van der Waals surface area (Å²) < 4.78 is 0. The molecule has 0 aliphatic heterocycles. The zero-order chi connectivity index (χ0) is 11.7. The molecule has 0 aliphatic carbocycles.